The molecule has 1 aliphatic rings. The van der Waals surface area contributed by atoms with Crippen LogP contribution in [0.2, 0.25) is 0 Å². The molecule has 0 aliphatic carbocycles. The van der Waals surface area contributed by atoms with E-state index in [1.54, 1.807) is 12.1 Å². The summed E-state index contributed by atoms with van der Waals surface area (Å²) in [7, 11) is 1.41. The van der Waals surface area contributed by atoms with E-state index in [-0.39, 0.29) is 22.9 Å². The molecule has 1 unspecified atom stereocenters. The molecule has 1 aromatic carbocycles. The smallest absolute Gasteiger partial charge is 0.324 e. The lowest BCUT2D eigenvalue weighted by Crippen LogP contribution is -2.46. The molecule has 0 aromatic heterocycles. The molecule has 0 amide bonds. The van der Waals surface area contributed by atoms with Gasteiger partial charge in [-0.15, -0.1) is 0 Å². The number of anilines is 1. The molecule has 0 saturated heterocycles. The Bertz CT molecular complexity index is 580. The topological polar surface area (TPSA) is 76.2 Å². The summed E-state index contributed by atoms with van der Waals surface area (Å²) in [4.78, 5) is 5.21. The van der Waals surface area contributed by atoms with Crippen molar-refractivity contribution in [1.29, 1.82) is 0 Å². The molecule has 19 heavy (non-hydrogen) atoms. The van der Waals surface area contributed by atoms with E-state index in [0.29, 0.717) is 5.71 Å². The van der Waals surface area contributed by atoms with Gasteiger partial charge in [-0.3, -0.25) is 10.0 Å². The molecule has 1 heterocycles. The Morgan fingerprint density at radius 2 is 2.21 bits per heavy atom. The maximum absolute atomic E-state index is 10.2. The fourth-order valence-electron chi connectivity index (χ4n) is 2.12. The van der Waals surface area contributed by atoms with Gasteiger partial charge in [0.2, 0.25) is 6.04 Å². The van der Waals surface area contributed by atoms with E-state index in [0.717, 1.165) is 5.06 Å². The third kappa shape index (κ3) is 1.82. The molecule has 1 atom stereocenters. The molecule has 1 aliphatic heterocycles. The van der Waals surface area contributed by atoms with Crippen LogP contribution in [0.3, 0.4) is 0 Å². The normalized spacial score (nSPS) is 18.0. The highest BCUT2D eigenvalue weighted by Gasteiger charge is 2.43. The van der Waals surface area contributed by atoms with E-state index in [1.807, 2.05) is 0 Å². The van der Waals surface area contributed by atoms with Gasteiger partial charge in [-0.25, -0.2) is 5.06 Å². The van der Waals surface area contributed by atoms with Crippen LogP contribution in [0.5, 0.6) is 5.75 Å². The largest absolute Gasteiger partial charge is 0.510 e. The number of aliphatic hydroxyl groups excluding tert-OH is 1. The van der Waals surface area contributed by atoms with Crippen molar-refractivity contribution >= 4 is 17.1 Å². The van der Waals surface area contributed by atoms with Crippen LogP contribution in [0.15, 0.2) is 43.2 Å². The predicted molar refractivity (Wildman–Crippen MR) is 70.1 cm³/mol. The molecule has 6 nitrogen and oxygen atoms in total. The fourth-order valence-corrected chi connectivity index (χ4v) is 2.12. The number of hydroxylamine groups is 1. The number of phenolic OH excluding ortho intramolecular Hbond substituents is 1. The van der Waals surface area contributed by atoms with Crippen molar-refractivity contribution in [3.8, 4) is 5.75 Å². The first-order valence-corrected chi connectivity index (χ1v) is 5.54. The summed E-state index contributed by atoms with van der Waals surface area (Å²) in [6, 6.07) is 3.69. The summed E-state index contributed by atoms with van der Waals surface area (Å²) in [5.41, 5.74) is 0.888. The number of hydrogen-bond acceptors (Lipinski definition) is 5. The maximum atomic E-state index is 10.2. The first kappa shape index (κ1) is 13.0. The van der Waals surface area contributed by atoms with Crippen molar-refractivity contribution in [2.24, 2.45) is 0 Å². The summed E-state index contributed by atoms with van der Waals surface area (Å²) in [6.45, 7) is 7.05. The molecule has 2 rings (SSSR count). The molecule has 0 spiro atoms. The Morgan fingerprint density at radius 3 is 2.74 bits per heavy atom. The maximum Gasteiger partial charge on any atom is 0.324 e. The van der Waals surface area contributed by atoms with E-state index in [2.05, 4.69) is 13.2 Å². The lowest BCUT2D eigenvalue weighted by molar-refractivity contribution is -0.721. The van der Waals surface area contributed by atoms with Crippen LogP contribution in [0.4, 0.5) is 11.4 Å². The Balaban J connectivity index is 2.79. The lowest BCUT2D eigenvalue weighted by atomic mass is 10.0. The van der Waals surface area contributed by atoms with Crippen molar-refractivity contribution in [3.05, 3.63) is 43.2 Å². The summed E-state index contributed by atoms with van der Waals surface area (Å²) in [6.07, 6.45) is 1.41. The molecule has 100 valence electrons. The summed E-state index contributed by atoms with van der Waals surface area (Å²) in [5.74, 6) is -0.340. The van der Waals surface area contributed by atoms with Crippen LogP contribution in [-0.4, -0.2) is 39.0 Å². The first-order valence-electron chi connectivity index (χ1n) is 5.54. The van der Waals surface area contributed by atoms with E-state index < -0.39 is 6.04 Å². The first-order chi connectivity index (χ1) is 9.02. The second kappa shape index (κ2) is 4.66. The minimum Gasteiger partial charge on any atom is -0.510 e. The van der Waals surface area contributed by atoms with Gasteiger partial charge in [0.1, 0.15) is 18.6 Å². The number of hydrogen-bond donors (Lipinski definition) is 3. The van der Waals surface area contributed by atoms with Crippen molar-refractivity contribution in [1.82, 2.24) is 0 Å². The number of benzene rings is 1. The minimum atomic E-state index is -0.924. The van der Waals surface area contributed by atoms with Gasteiger partial charge in [-0.1, -0.05) is 19.2 Å². The Labute approximate surface area is 110 Å². The molecule has 0 bridgehead atoms. The van der Waals surface area contributed by atoms with Gasteiger partial charge in [-0.05, 0) is 12.1 Å². The second-order valence-electron chi connectivity index (χ2n) is 3.99. The van der Waals surface area contributed by atoms with Crippen LogP contribution in [0.1, 0.15) is 0 Å². The highest BCUT2D eigenvalue weighted by molar-refractivity contribution is 6.01. The Hall–Kier alpha value is -2.47. The lowest BCUT2D eigenvalue weighted by Gasteiger charge is -2.28. The van der Waals surface area contributed by atoms with Crippen LogP contribution in [0.25, 0.3) is 0 Å². The number of fused-ring (bicyclic) bond motifs is 1. The van der Waals surface area contributed by atoms with Crippen molar-refractivity contribution in [2.75, 3.05) is 12.2 Å². The van der Waals surface area contributed by atoms with Crippen molar-refractivity contribution in [3.63, 3.8) is 0 Å². The highest BCUT2D eigenvalue weighted by atomic mass is 16.7. The van der Waals surface area contributed by atoms with E-state index >= 15 is 0 Å². The van der Waals surface area contributed by atoms with Gasteiger partial charge >= 0.3 is 5.69 Å². The SMILES string of the molecule is C=CC1=[N+](OC)c2c(O)cccc2N(O)C1C(=C)O. The monoisotopic (exact) mass is 263 g/mol. The summed E-state index contributed by atoms with van der Waals surface area (Å²) < 4.78 is 1.29. The average molecular weight is 263 g/mol. The standard InChI is InChI=1S/C13H14N2O4/c1-4-9-12(8(2)16)14(18)10-6-5-7-11(17)13(10)15(9)19-3/h4-7,12,18H,1-2H2,3H3,(H-,16,17)/p+1. The molecule has 0 saturated carbocycles. The molecular weight excluding hydrogens is 248 g/mol. The zero-order chi connectivity index (χ0) is 14.2. The van der Waals surface area contributed by atoms with Gasteiger partial charge in [0.05, 0.1) is 0 Å². The van der Waals surface area contributed by atoms with Crippen LogP contribution in [0, 0.1) is 0 Å². The molecule has 0 fully saturated rings. The number of para-hydroxylation sites is 1. The summed E-state index contributed by atoms with van der Waals surface area (Å²) >= 11 is 0. The van der Waals surface area contributed by atoms with Gasteiger partial charge < -0.3 is 10.2 Å². The predicted octanol–water partition coefficient (Wildman–Crippen LogP) is 1.87. The van der Waals surface area contributed by atoms with Crippen LogP contribution in [-0.2, 0) is 4.84 Å². The Morgan fingerprint density at radius 1 is 1.53 bits per heavy atom. The van der Waals surface area contributed by atoms with Crippen LogP contribution < -0.4 is 5.06 Å². The minimum absolute atomic E-state index is 0.0697. The quantitative estimate of drug-likeness (QED) is 0.573. The number of rotatable bonds is 3. The summed E-state index contributed by atoms with van der Waals surface area (Å²) in [5, 5.41) is 30.6. The third-order valence-electron chi connectivity index (χ3n) is 2.91. The number of aromatic hydroxyl groups is 1. The van der Waals surface area contributed by atoms with E-state index in [9.17, 15) is 15.4 Å². The van der Waals surface area contributed by atoms with Gasteiger partial charge in [0, 0.05) is 10.8 Å². The van der Waals surface area contributed by atoms with Gasteiger partial charge in [0.25, 0.3) is 5.71 Å². The third-order valence-corrected chi connectivity index (χ3v) is 2.91. The molecule has 3 N–H and O–H groups in total. The van der Waals surface area contributed by atoms with E-state index in [1.165, 1.54) is 24.0 Å². The number of aliphatic hydroxyl groups is 1. The number of nitrogens with zero attached hydrogens (tertiary/aromatic N) is 2. The fraction of sp³-hybridized carbons (Fsp3) is 0.154. The van der Waals surface area contributed by atoms with Gasteiger partial charge in [-0.2, -0.15) is 0 Å². The molecule has 0 radical (unpaired) electrons. The molecule has 1 aromatic rings. The van der Waals surface area contributed by atoms with Crippen molar-refractivity contribution in [2.45, 2.75) is 6.04 Å². The molecular formula is C13H15N2O4+. The Kier molecular flexibility index (Phi) is 3.18. The highest BCUT2D eigenvalue weighted by Crippen LogP contribution is 2.40. The zero-order valence-electron chi connectivity index (χ0n) is 10.4. The average Bonchev–Trinajstić information content (AvgIpc) is 2.38. The molecule has 6 heteroatoms. The van der Waals surface area contributed by atoms with Gasteiger partial charge in [0.15, 0.2) is 5.75 Å². The number of phenols is 1. The second-order valence-corrected chi connectivity index (χ2v) is 3.99. The van der Waals surface area contributed by atoms with E-state index in [4.69, 9.17) is 4.84 Å². The zero-order valence-corrected chi connectivity index (χ0v) is 10.4. The van der Waals surface area contributed by atoms with Crippen molar-refractivity contribution < 1.29 is 25.0 Å². The van der Waals surface area contributed by atoms with Crippen LogP contribution >= 0.6 is 0 Å².